The van der Waals surface area contributed by atoms with E-state index in [4.69, 9.17) is 14.2 Å². The molecule has 1 aliphatic heterocycles. The SMILES string of the molecule is CN=C(NCCCOCC(C)C)NCC1(c2ccc3c(c2)OCO3)CC1. The van der Waals surface area contributed by atoms with Crippen molar-refractivity contribution in [2.45, 2.75) is 38.5 Å². The van der Waals surface area contributed by atoms with Gasteiger partial charge in [0.05, 0.1) is 0 Å². The summed E-state index contributed by atoms with van der Waals surface area (Å²) in [4.78, 5) is 4.33. The lowest BCUT2D eigenvalue weighted by Crippen LogP contribution is -2.41. The molecule has 0 bridgehead atoms. The molecule has 1 heterocycles. The highest BCUT2D eigenvalue weighted by atomic mass is 16.7. The molecular formula is C20H31N3O3. The van der Waals surface area contributed by atoms with Crippen molar-refractivity contribution in [3.05, 3.63) is 23.8 Å². The standard InChI is InChI=1S/C20H31N3O3/c1-15(2)12-24-10-4-9-22-19(21-3)23-13-20(7-8-20)16-5-6-17-18(11-16)26-14-25-17/h5-6,11,15H,4,7-10,12-14H2,1-3H3,(H2,21,22,23). The summed E-state index contributed by atoms with van der Waals surface area (Å²) in [7, 11) is 1.81. The first kappa shape index (κ1) is 18.8. The molecule has 0 unspecified atom stereocenters. The number of hydrogen-bond acceptors (Lipinski definition) is 4. The summed E-state index contributed by atoms with van der Waals surface area (Å²) in [5.74, 6) is 3.14. The van der Waals surface area contributed by atoms with Gasteiger partial charge in [0, 0.05) is 38.8 Å². The molecule has 1 aromatic carbocycles. The minimum atomic E-state index is 0.180. The second kappa shape index (κ2) is 8.62. The normalized spacial score (nSPS) is 17.5. The lowest BCUT2D eigenvalue weighted by atomic mass is 9.95. The number of benzene rings is 1. The summed E-state index contributed by atoms with van der Waals surface area (Å²) in [6.07, 6.45) is 3.33. The van der Waals surface area contributed by atoms with Crippen LogP contribution >= 0.6 is 0 Å². The first-order valence-corrected chi connectivity index (χ1v) is 9.55. The smallest absolute Gasteiger partial charge is 0.231 e. The molecule has 0 spiro atoms. The van der Waals surface area contributed by atoms with Gasteiger partial charge in [-0.25, -0.2) is 0 Å². The summed E-state index contributed by atoms with van der Waals surface area (Å²) in [5, 5.41) is 6.84. The molecule has 6 heteroatoms. The van der Waals surface area contributed by atoms with Gasteiger partial charge in [-0.15, -0.1) is 0 Å². The molecule has 0 saturated heterocycles. The maximum atomic E-state index is 5.61. The second-order valence-electron chi connectivity index (χ2n) is 7.52. The number of nitrogens with one attached hydrogen (secondary N) is 2. The number of ether oxygens (including phenoxy) is 3. The molecule has 6 nitrogen and oxygen atoms in total. The molecule has 144 valence electrons. The van der Waals surface area contributed by atoms with Crippen LogP contribution in [0.5, 0.6) is 11.5 Å². The van der Waals surface area contributed by atoms with Gasteiger partial charge in [0.1, 0.15) is 0 Å². The van der Waals surface area contributed by atoms with Crippen molar-refractivity contribution >= 4 is 5.96 Å². The first-order valence-electron chi connectivity index (χ1n) is 9.55. The molecule has 1 fully saturated rings. The zero-order valence-corrected chi connectivity index (χ0v) is 16.1. The predicted molar refractivity (Wildman–Crippen MR) is 103 cm³/mol. The van der Waals surface area contributed by atoms with E-state index in [1.54, 1.807) is 0 Å². The number of guanidine groups is 1. The molecule has 1 saturated carbocycles. The van der Waals surface area contributed by atoms with Gasteiger partial charge in [-0.1, -0.05) is 19.9 Å². The van der Waals surface area contributed by atoms with Gasteiger partial charge in [0.2, 0.25) is 6.79 Å². The molecule has 1 aliphatic carbocycles. The van der Waals surface area contributed by atoms with Gasteiger partial charge in [-0.05, 0) is 42.9 Å². The van der Waals surface area contributed by atoms with Crippen molar-refractivity contribution in [1.82, 2.24) is 10.6 Å². The van der Waals surface area contributed by atoms with Crippen molar-refractivity contribution in [2.24, 2.45) is 10.9 Å². The van der Waals surface area contributed by atoms with E-state index in [0.717, 1.165) is 50.2 Å². The van der Waals surface area contributed by atoms with Crippen LogP contribution in [0.15, 0.2) is 23.2 Å². The number of aliphatic imine (C=N–C) groups is 1. The lowest BCUT2D eigenvalue weighted by molar-refractivity contribution is 0.108. The summed E-state index contributed by atoms with van der Waals surface area (Å²) >= 11 is 0. The number of fused-ring (bicyclic) bond motifs is 1. The molecule has 3 rings (SSSR count). The topological polar surface area (TPSA) is 64.1 Å². The van der Waals surface area contributed by atoms with Gasteiger partial charge >= 0.3 is 0 Å². The molecule has 1 aromatic rings. The van der Waals surface area contributed by atoms with E-state index in [1.807, 2.05) is 13.1 Å². The van der Waals surface area contributed by atoms with E-state index in [9.17, 15) is 0 Å². The summed E-state index contributed by atoms with van der Waals surface area (Å²) in [6.45, 7) is 7.98. The van der Waals surface area contributed by atoms with Crippen LogP contribution in [0.4, 0.5) is 0 Å². The van der Waals surface area contributed by atoms with E-state index in [1.165, 1.54) is 18.4 Å². The van der Waals surface area contributed by atoms with E-state index in [0.29, 0.717) is 12.7 Å². The maximum absolute atomic E-state index is 5.61. The fourth-order valence-corrected chi connectivity index (χ4v) is 3.12. The maximum Gasteiger partial charge on any atom is 0.231 e. The fourth-order valence-electron chi connectivity index (χ4n) is 3.12. The Bertz CT molecular complexity index is 627. The third kappa shape index (κ3) is 4.81. The largest absolute Gasteiger partial charge is 0.454 e. The van der Waals surface area contributed by atoms with Crippen LogP contribution in [0.1, 0.15) is 38.7 Å². The molecule has 0 atom stereocenters. The molecular weight excluding hydrogens is 330 g/mol. The fraction of sp³-hybridized carbons (Fsp3) is 0.650. The lowest BCUT2D eigenvalue weighted by Gasteiger charge is -2.19. The van der Waals surface area contributed by atoms with Crippen molar-refractivity contribution in [3.63, 3.8) is 0 Å². The van der Waals surface area contributed by atoms with Crippen LogP contribution in [0.3, 0.4) is 0 Å². The average Bonchev–Trinajstić information content (AvgIpc) is 3.28. The van der Waals surface area contributed by atoms with E-state index >= 15 is 0 Å². The Hall–Kier alpha value is -1.95. The summed E-state index contributed by atoms with van der Waals surface area (Å²) in [6, 6.07) is 6.30. The first-order chi connectivity index (χ1) is 12.6. The molecule has 0 aromatic heterocycles. The van der Waals surface area contributed by atoms with Crippen LogP contribution in [0.25, 0.3) is 0 Å². The van der Waals surface area contributed by atoms with Crippen molar-refractivity contribution in [3.8, 4) is 11.5 Å². The van der Waals surface area contributed by atoms with Crippen molar-refractivity contribution in [2.75, 3.05) is 40.1 Å². The number of rotatable bonds is 9. The van der Waals surface area contributed by atoms with Crippen LogP contribution in [-0.2, 0) is 10.2 Å². The van der Waals surface area contributed by atoms with E-state index in [-0.39, 0.29) is 5.41 Å². The Morgan fingerprint density at radius 2 is 2.04 bits per heavy atom. The van der Waals surface area contributed by atoms with Gasteiger partial charge in [0.15, 0.2) is 17.5 Å². The highest BCUT2D eigenvalue weighted by Gasteiger charge is 2.44. The van der Waals surface area contributed by atoms with Gasteiger partial charge in [-0.3, -0.25) is 4.99 Å². The number of nitrogens with zero attached hydrogens (tertiary/aromatic N) is 1. The van der Waals surface area contributed by atoms with Crippen molar-refractivity contribution < 1.29 is 14.2 Å². The minimum Gasteiger partial charge on any atom is -0.454 e. The summed E-state index contributed by atoms with van der Waals surface area (Å²) < 4.78 is 16.5. The second-order valence-corrected chi connectivity index (χ2v) is 7.52. The zero-order valence-electron chi connectivity index (χ0n) is 16.1. The summed E-state index contributed by atoms with van der Waals surface area (Å²) in [5.41, 5.74) is 1.49. The Kier molecular flexibility index (Phi) is 6.25. The van der Waals surface area contributed by atoms with Crippen LogP contribution in [-0.4, -0.2) is 46.1 Å². The third-order valence-electron chi connectivity index (χ3n) is 4.87. The molecule has 2 aliphatic rings. The van der Waals surface area contributed by atoms with Gasteiger partial charge in [0.25, 0.3) is 0 Å². The quantitative estimate of drug-likeness (QED) is 0.402. The van der Waals surface area contributed by atoms with E-state index in [2.05, 4.69) is 41.6 Å². The third-order valence-corrected chi connectivity index (χ3v) is 4.87. The predicted octanol–water partition coefficient (Wildman–Crippen LogP) is 2.67. The minimum absolute atomic E-state index is 0.180. The van der Waals surface area contributed by atoms with Crippen molar-refractivity contribution in [1.29, 1.82) is 0 Å². The molecule has 0 amide bonds. The van der Waals surface area contributed by atoms with Crippen LogP contribution < -0.4 is 20.1 Å². The Morgan fingerprint density at radius 1 is 1.23 bits per heavy atom. The van der Waals surface area contributed by atoms with Gasteiger partial charge < -0.3 is 24.8 Å². The highest BCUT2D eigenvalue weighted by Crippen LogP contribution is 2.49. The van der Waals surface area contributed by atoms with Crippen LogP contribution in [0, 0.1) is 5.92 Å². The molecule has 0 radical (unpaired) electrons. The monoisotopic (exact) mass is 361 g/mol. The molecule has 2 N–H and O–H groups in total. The van der Waals surface area contributed by atoms with Crippen LogP contribution in [0.2, 0.25) is 0 Å². The Morgan fingerprint density at radius 3 is 2.77 bits per heavy atom. The Balaban J connectivity index is 1.42. The molecule has 26 heavy (non-hydrogen) atoms. The average molecular weight is 361 g/mol. The van der Waals surface area contributed by atoms with E-state index < -0.39 is 0 Å². The van der Waals surface area contributed by atoms with Gasteiger partial charge in [-0.2, -0.15) is 0 Å². The highest BCUT2D eigenvalue weighted by molar-refractivity contribution is 5.79. The number of hydrogen-bond donors (Lipinski definition) is 2. The zero-order chi connectivity index (χ0) is 18.4. The Labute approximate surface area is 156 Å².